The first-order chi connectivity index (χ1) is 14.0. The zero-order chi connectivity index (χ0) is 20.0. The number of hydrogen-bond acceptors (Lipinski definition) is 5. The van der Waals surface area contributed by atoms with Crippen LogP contribution in [0.1, 0.15) is 44.6 Å². The van der Waals surface area contributed by atoms with Gasteiger partial charge in [0.15, 0.2) is 0 Å². The van der Waals surface area contributed by atoms with E-state index >= 15 is 0 Å². The number of carbonyl (C=O) groups is 1. The summed E-state index contributed by atoms with van der Waals surface area (Å²) in [5.74, 6) is -0.0700. The maximum absolute atomic E-state index is 13.4. The first-order valence-corrected chi connectivity index (χ1v) is 12.8. The molecule has 1 fully saturated rings. The van der Waals surface area contributed by atoms with E-state index in [0.717, 1.165) is 24.1 Å². The van der Waals surface area contributed by atoms with Gasteiger partial charge in [-0.25, -0.2) is 13.1 Å². The van der Waals surface area contributed by atoms with Gasteiger partial charge in [-0.2, -0.15) is 0 Å². The second kappa shape index (κ2) is 7.36. The minimum atomic E-state index is -3.51. The minimum Gasteiger partial charge on any atom is -0.326 e. The standard InChI is InChI=1S/C21H20N2O3S3/c24-21(14-3-7-16(8-4-14)29(25,26)22-15-5-6-15)23-11-9-18-17(10-13-28-18)20(23)19-2-1-12-27-19/h1-4,7-8,10,12-13,15,20,22H,5-6,9,11H2/t20-/m0/s1. The summed E-state index contributed by atoms with van der Waals surface area (Å²) in [5, 5.41) is 4.12. The molecule has 0 radical (unpaired) electrons. The highest BCUT2D eigenvalue weighted by molar-refractivity contribution is 7.89. The normalized spacial score (nSPS) is 19.2. The third-order valence-corrected chi connectivity index (χ3v) is 8.81. The molecule has 0 unspecified atom stereocenters. The molecule has 8 heteroatoms. The Morgan fingerprint density at radius 3 is 2.52 bits per heavy atom. The van der Waals surface area contributed by atoms with Gasteiger partial charge in [-0.15, -0.1) is 22.7 Å². The lowest BCUT2D eigenvalue weighted by molar-refractivity contribution is 0.0698. The van der Waals surface area contributed by atoms with Crippen LogP contribution in [-0.2, 0) is 16.4 Å². The lowest BCUT2D eigenvalue weighted by atomic mass is 9.97. The largest absolute Gasteiger partial charge is 0.326 e. The van der Waals surface area contributed by atoms with Crippen molar-refractivity contribution < 1.29 is 13.2 Å². The predicted molar refractivity (Wildman–Crippen MR) is 115 cm³/mol. The summed E-state index contributed by atoms with van der Waals surface area (Å²) < 4.78 is 27.4. The Hall–Kier alpha value is -2.00. The van der Waals surface area contributed by atoms with Gasteiger partial charge in [0.05, 0.1) is 10.9 Å². The molecule has 29 heavy (non-hydrogen) atoms. The highest BCUT2D eigenvalue weighted by Gasteiger charge is 2.34. The summed E-state index contributed by atoms with van der Waals surface area (Å²) in [5.41, 5.74) is 1.71. The molecule has 0 spiro atoms. The molecule has 0 bridgehead atoms. The van der Waals surface area contributed by atoms with Gasteiger partial charge < -0.3 is 4.90 Å². The molecule has 3 heterocycles. The Balaban J connectivity index is 1.43. The van der Waals surface area contributed by atoms with Crippen LogP contribution >= 0.6 is 22.7 Å². The van der Waals surface area contributed by atoms with Crippen LogP contribution in [0.4, 0.5) is 0 Å². The van der Waals surface area contributed by atoms with Crippen molar-refractivity contribution in [2.45, 2.75) is 36.2 Å². The number of thiophene rings is 2. The van der Waals surface area contributed by atoms with Crippen molar-refractivity contribution in [3.63, 3.8) is 0 Å². The van der Waals surface area contributed by atoms with Crippen molar-refractivity contribution >= 4 is 38.6 Å². The number of amides is 1. The number of fused-ring (bicyclic) bond motifs is 1. The lowest BCUT2D eigenvalue weighted by Crippen LogP contribution is -2.39. The maximum Gasteiger partial charge on any atom is 0.254 e. The second-order valence-corrected chi connectivity index (χ2v) is 11.1. The van der Waals surface area contributed by atoms with Gasteiger partial charge in [0.25, 0.3) is 5.91 Å². The average Bonchev–Trinajstić information content (AvgIpc) is 3.19. The number of hydrogen-bond donors (Lipinski definition) is 1. The molecule has 1 saturated carbocycles. The van der Waals surface area contributed by atoms with Crippen LogP contribution in [0.5, 0.6) is 0 Å². The van der Waals surface area contributed by atoms with Crippen LogP contribution in [-0.4, -0.2) is 31.8 Å². The number of nitrogens with one attached hydrogen (secondary N) is 1. The molecule has 150 valence electrons. The lowest BCUT2D eigenvalue weighted by Gasteiger charge is -2.35. The Labute approximate surface area is 178 Å². The van der Waals surface area contributed by atoms with Crippen LogP contribution in [0.25, 0.3) is 0 Å². The number of carbonyl (C=O) groups excluding carboxylic acids is 1. The first-order valence-electron chi connectivity index (χ1n) is 9.56. The van der Waals surface area contributed by atoms with Crippen molar-refractivity contribution in [3.8, 4) is 0 Å². The summed E-state index contributed by atoms with van der Waals surface area (Å²) in [7, 11) is -3.51. The van der Waals surface area contributed by atoms with E-state index in [1.807, 2.05) is 16.3 Å². The van der Waals surface area contributed by atoms with Crippen LogP contribution in [0, 0.1) is 0 Å². The molecule has 2 aromatic heterocycles. The highest BCUT2D eigenvalue weighted by atomic mass is 32.2. The molecular weight excluding hydrogens is 424 g/mol. The molecule has 3 aromatic rings. The van der Waals surface area contributed by atoms with Crippen molar-refractivity contribution in [3.05, 3.63) is 74.1 Å². The second-order valence-electron chi connectivity index (χ2n) is 7.39. The van der Waals surface area contributed by atoms with E-state index in [2.05, 4.69) is 22.2 Å². The Morgan fingerprint density at radius 1 is 1.03 bits per heavy atom. The molecule has 1 atom stereocenters. The fraction of sp³-hybridized carbons (Fsp3) is 0.286. The Bertz CT molecular complexity index is 1130. The summed E-state index contributed by atoms with van der Waals surface area (Å²) in [4.78, 5) is 17.9. The number of sulfonamides is 1. The third-order valence-electron chi connectivity index (χ3n) is 5.35. The van der Waals surface area contributed by atoms with Crippen LogP contribution in [0.2, 0.25) is 0 Å². The molecule has 1 aliphatic heterocycles. The molecule has 1 N–H and O–H groups in total. The van der Waals surface area contributed by atoms with Crippen LogP contribution in [0.3, 0.4) is 0 Å². The van der Waals surface area contributed by atoms with E-state index in [9.17, 15) is 13.2 Å². The van der Waals surface area contributed by atoms with Crippen molar-refractivity contribution in [1.82, 2.24) is 9.62 Å². The van der Waals surface area contributed by atoms with Gasteiger partial charge in [0.1, 0.15) is 0 Å². The quantitative estimate of drug-likeness (QED) is 0.646. The first kappa shape index (κ1) is 19.0. The van der Waals surface area contributed by atoms with E-state index in [1.165, 1.54) is 22.6 Å². The smallest absolute Gasteiger partial charge is 0.254 e. The summed E-state index contributed by atoms with van der Waals surface area (Å²) in [6.45, 7) is 0.651. The minimum absolute atomic E-state index is 0.0565. The zero-order valence-corrected chi connectivity index (χ0v) is 18.0. The molecular formula is C21H20N2O3S3. The van der Waals surface area contributed by atoms with Crippen molar-refractivity contribution in [2.24, 2.45) is 0 Å². The topological polar surface area (TPSA) is 66.5 Å². The fourth-order valence-corrected chi connectivity index (χ4v) is 6.78. The van der Waals surface area contributed by atoms with Crippen LogP contribution < -0.4 is 4.72 Å². The molecule has 5 nitrogen and oxygen atoms in total. The van der Waals surface area contributed by atoms with Crippen LogP contribution in [0.15, 0.2) is 58.1 Å². The molecule has 1 amide bonds. The fourth-order valence-electron chi connectivity index (χ4n) is 3.72. The van der Waals surface area contributed by atoms with Gasteiger partial charge in [-0.05, 0) is 72.0 Å². The van der Waals surface area contributed by atoms with Crippen molar-refractivity contribution in [2.75, 3.05) is 6.54 Å². The predicted octanol–water partition coefficient (Wildman–Crippen LogP) is 4.04. The zero-order valence-electron chi connectivity index (χ0n) is 15.6. The van der Waals surface area contributed by atoms with E-state index < -0.39 is 10.0 Å². The van der Waals surface area contributed by atoms with E-state index in [-0.39, 0.29) is 22.9 Å². The number of benzene rings is 1. The highest BCUT2D eigenvalue weighted by Crippen LogP contribution is 2.40. The molecule has 0 saturated heterocycles. The number of rotatable bonds is 5. The SMILES string of the molecule is O=C(c1ccc(S(=O)(=O)NC2CC2)cc1)N1CCc2sccc2[C@H]1c1cccs1. The van der Waals surface area contributed by atoms with Gasteiger partial charge in [0.2, 0.25) is 10.0 Å². The van der Waals surface area contributed by atoms with Crippen molar-refractivity contribution in [1.29, 1.82) is 0 Å². The summed E-state index contributed by atoms with van der Waals surface area (Å²) in [6.07, 6.45) is 2.62. The monoisotopic (exact) mass is 444 g/mol. The molecule has 1 aromatic carbocycles. The van der Waals surface area contributed by atoms with Gasteiger partial charge in [-0.1, -0.05) is 6.07 Å². The Morgan fingerprint density at radius 2 is 1.83 bits per heavy atom. The molecule has 2 aliphatic rings. The van der Waals surface area contributed by atoms with Gasteiger partial charge >= 0.3 is 0 Å². The third kappa shape index (κ3) is 3.66. The van der Waals surface area contributed by atoms with E-state index in [1.54, 1.807) is 34.8 Å². The average molecular weight is 445 g/mol. The van der Waals surface area contributed by atoms with E-state index in [0.29, 0.717) is 12.1 Å². The maximum atomic E-state index is 13.4. The van der Waals surface area contributed by atoms with Gasteiger partial charge in [-0.3, -0.25) is 4.79 Å². The van der Waals surface area contributed by atoms with E-state index in [4.69, 9.17) is 0 Å². The molecule has 5 rings (SSSR count). The summed E-state index contributed by atoms with van der Waals surface area (Å²) in [6, 6.07) is 12.5. The Kier molecular flexibility index (Phi) is 4.82. The van der Waals surface area contributed by atoms with Gasteiger partial charge in [0, 0.05) is 27.9 Å². The summed E-state index contributed by atoms with van der Waals surface area (Å²) >= 11 is 3.40. The molecule has 1 aliphatic carbocycles. The number of nitrogens with zero attached hydrogens (tertiary/aromatic N) is 1.